The number of pyridine rings is 1. The van der Waals surface area contributed by atoms with Gasteiger partial charge in [-0.1, -0.05) is 6.07 Å². The standard InChI is InChI=1S/C13H11N5O2/c1-17(10-4-2-3-9(7-10)8-14)13-11(18(19)20)5-6-12(15)16-13/h2-7H,1H3,(H2,15,16). The summed E-state index contributed by atoms with van der Waals surface area (Å²) in [6.07, 6.45) is 0. The SMILES string of the molecule is CN(c1cccc(C#N)c1)c1nc(N)ccc1[N+](=O)[O-]. The number of nitrogens with zero attached hydrogens (tertiary/aromatic N) is 4. The molecule has 0 aliphatic rings. The summed E-state index contributed by atoms with van der Waals surface area (Å²) in [6, 6.07) is 11.4. The molecule has 0 saturated heterocycles. The van der Waals surface area contributed by atoms with Crippen LogP contribution in [0.15, 0.2) is 36.4 Å². The van der Waals surface area contributed by atoms with Gasteiger partial charge >= 0.3 is 5.69 Å². The fraction of sp³-hybridized carbons (Fsp3) is 0.0769. The smallest absolute Gasteiger partial charge is 0.312 e. The molecule has 0 unspecified atom stereocenters. The number of benzene rings is 1. The fourth-order valence-corrected chi connectivity index (χ4v) is 1.75. The van der Waals surface area contributed by atoms with Crippen LogP contribution < -0.4 is 10.6 Å². The number of nitrogen functional groups attached to an aromatic ring is 1. The second-order valence-electron chi connectivity index (χ2n) is 4.06. The average molecular weight is 269 g/mol. The molecule has 0 saturated carbocycles. The van der Waals surface area contributed by atoms with Gasteiger partial charge < -0.3 is 10.6 Å². The molecule has 0 bridgehead atoms. The Kier molecular flexibility index (Phi) is 3.48. The molecule has 1 aromatic heterocycles. The Hall–Kier alpha value is -3.14. The largest absolute Gasteiger partial charge is 0.384 e. The maximum atomic E-state index is 11.0. The van der Waals surface area contributed by atoms with E-state index in [0.717, 1.165) is 0 Å². The van der Waals surface area contributed by atoms with Crippen molar-refractivity contribution in [1.29, 1.82) is 5.26 Å². The predicted molar refractivity (Wildman–Crippen MR) is 74.5 cm³/mol. The van der Waals surface area contributed by atoms with Crippen molar-refractivity contribution in [2.75, 3.05) is 17.7 Å². The van der Waals surface area contributed by atoms with Crippen LogP contribution in [0.4, 0.5) is 23.0 Å². The molecule has 7 heteroatoms. The molecule has 0 spiro atoms. The number of hydrogen-bond donors (Lipinski definition) is 1. The van der Waals surface area contributed by atoms with E-state index in [1.807, 2.05) is 6.07 Å². The number of rotatable bonds is 3. The molecule has 0 aliphatic carbocycles. The zero-order valence-electron chi connectivity index (χ0n) is 10.6. The van der Waals surface area contributed by atoms with Gasteiger partial charge in [0.15, 0.2) is 0 Å². The highest BCUT2D eigenvalue weighted by Crippen LogP contribution is 2.31. The summed E-state index contributed by atoms with van der Waals surface area (Å²) in [7, 11) is 1.63. The normalized spacial score (nSPS) is 9.80. The van der Waals surface area contributed by atoms with Crippen LogP contribution in [0.5, 0.6) is 0 Å². The Bertz CT molecular complexity index is 708. The maximum Gasteiger partial charge on any atom is 0.312 e. The Morgan fingerprint density at radius 3 is 2.80 bits per heavy atom. The third-order valence-electron chi connectivity index (χ3n) is 2.75. The van der Waals surface area contributed by atoms with E-state index >= 15 is 0 Å². The van der Waals surface area contributed by atoms with Gasteiger partial charge in [-0.15, -0.1) is 0 Å². The van der Waals surface area contributed by atoms with Crippen LogP contribution >= 0.6 is 0 Å². The summed E-state index contributed by atoms with van der Waals surface area (Å²) >= 11 is 0. The van der Waals surface area contributed by atoms with Gasteiger partial charge in [0.05, 0.1) is 16.6 Å². The van der Waals surface area contributed by atoms with Gasteiger partial charge in [0.2, 0.25) is 5.82 Å². The number of hydrogen-bond acceptors (Lipinski definition) is 6. The number of aromatic nitrogens is 1. The van der Waals surface area contributed by atoms with Crippen molar-refractivity contribution in [3.8, 4) is 6.07 Å². The van der Waals surface area contributed by atoms with Crippen LogP contribution in [-0.2, 0) is 0 Å². The zero-order chi connectivity index (χ0) is 14.7. The lowest BCUT2D eigenvalue weighted by molar-refractivity contribution is -0.384. The molecule has 100 valence electrons. The summed E-state index contributed by atoms with van der Waals surface area (Å²) in [4.78, 5) is 16.0. The summed E-state index contributed by atoms with van der Waals surface area (Å²) < 4.78 is 0. The van der Waals surface area contributed by atoms with Gasteiger partial charge in [-0.25, -0.2) is 4.98 Å². The van der Waals surface area contributed by atoms with Gasteiger partial charge in [-0.05, 0) is 24.3 Å². The molecule has 0 radical (unpaired) electrons. The van der Waals surface area contributed by atoms with Crippen molar-refractivity contribution in [2.24, 2.45) is 0 Å². The van der Waals surface area contributed by atoms with E-state index in [2.05, 4.69) is 4.98 Å². The molecule has 2 rings (SSSR count). The van der Waals surface area contributed by atoms with E-state index in [9.17, 15) is 10.1 Å². The lowest BCUT2D eigenvalue weighted by Gasteiger charge is -2.18. The van der Waals surface area contributed by atoms with Gasteiger partial charge in [-0.3, -0.25) is 10.1 Å². The second-order valence-corrected chi connectivity index (χ2v) is 4.06. The average Bonchev–Trinajstić information content (AvgIpc) is 2.46. The Labute approximate surface area is 115 Å². The monoisotopic (exact) mass is 269 g/mol. The summed E-state index contributed by atoms with van der Waals surface area (Å²) in [6.45, 7) is 0. The highest BCUT2D eigenvalue weighted by atomic mass is 16.6. The van der Waals surface area contributed by atoms with Crippen molar-refractivity contribution in [3.05, 3.63) is 52.1 Å². The van der Waals surface area contributed by atoms with Crippen molar-refractivity contribution in [3.63, 3.8) is 0 Å². The van der Waals surface area contributed by atoms with Crippen molar-refractivity contribution >= 4 is 23.0 Å². The molecular weight excluding hydrogens is 258 g/mol. The first-order valence-corrected chi connectivity index (χ1v) is 5.67. The Balaban J connectivity index is 2.52. The minimum atomic E-state index is -0.521. The second kappa shape index (κ2) is 5.24. The van der Waals surface area contributed by atoms with E-state index < -0.39 is 4.92 Å². The molecule has 2 N–H and O–H groups in total. The van der Waals surface area contributed by atoms with Crippen LogP contribution in [0, 0.1) is 21.4 Å². The van der Waals surface area contributed by atoms with Crippen LogP contribution in [0.3, 0.4) is 0 Å². The zero-order valence-corrected chi connectivity index (χ0v) is 10.6. The number of nitro groups is 1. The minimum Gasteiger partial charge on any atom is -0.384 e. The molecular formula is C13H11N5O2. The van der Waals surface area contributed by atoms with Gasteiger partial charge in [-0.2, -0.15) is 5.26 Å². The molecule has 0 aliphatic heterocycles. The Morgan fingerprint density at radius 1 is 1.40 bits per heavy atom. The summed E-state index contributed by atoms with van der Waals surface area (Å²) in [5.41, 5.74) is 6.51. The van der Waals surface area contributed by atoms with E-state index in [1.54, 1.807) is 31.3 Å². The van der Waals surface area contributed by atoms with Crippen LogP contribution in [0.25, 0.3) is 0 Å². The highest BCUT2D eigenvalue weighted by Gasteiger charge is 2.20. The molecule has 7 nitrogen and oxygen atoms in total. The van der Waals surface area contributed by atoms with E-state index in [4.69, 9.17) is 11.0 Å². The predicted octanol–water partition coefficient (Wildman–Crippen LogP) is 2.21. The van der Waals surface area contributed by atoms with Crippen molar-refractivity contribution in [1.82, 2.24) is 4.98 Å². The van der Waals surface area contributed by atoms with E-state index in [0.29, 0.717) is 11.3 Å². The highest BCUT2D eigenvalue weighted by molar-refractivity contribution is 5.70. The summed E-state index contributed by atoms with van der Waals surface area (Å²) in [5, 5.41) is 19.9. The topological polar surface area (TPSA) is 109 Å². The third-order valence-corrected chi connectivity index (χ3v) is 2.75. The van der Waals surface area contributed by atoms with Crippen LogP contribution in [0.1, 0.15) is 5.56 Å². The molecule has 20 heavy (non-hydrogen) atoms. The van der Waals surface area contributed by atoms with Crippen molar-refractivity contribution < 1.29 is 4.92 Å². The first-order chi connectivity index (χ1) is 9.52. The lowest BCUT2D eigenvalue weighted by atomic mass is 10.2. The quantitative estimate of drug-likeness (QED) is 0.675. The van der Waals surface area contributed by atoms with Crippen LogP contribution in [-0.4, -0.2) is 17.0 Å². The molecule has 0 atom stereocenters. The van der Waals surface area contributed by atoms with E-state index in [-0.39, 0.29) is 17.3 Å². The molecule has 2 aromatic rings. The number of nitrogens with two attached hydrogens (primary N) is 1. The molecule has 1 heterocycles. The minimum absolute atomic E-state index is 0.130. The molecule has 1 aromatic carbocycles. The summed E-state index contributed by atoms with van der Waals surface area (Å²) in [5.74, 6) is 0.318. The molecule has 0 amide bonds. The van der Waals surface area contributed by atoms with Gasteiger partial charge in [0, 0.05) is 18.8 Å². The van der Waals surface area contributed by atoms with Gasteiger partial charge in [0.25, 0.3) is 0 Å². The maximum absolute atomic E-state index is 11.0. The number of anilines is 3. The first kappa shape index (κ1) is 13.3. The first-order valence-electron chi connectivity index (χ1n) is 5.67. The third kappa shape index (κ3) is 2.49. The number of nitriles is 1. The molecule has 0 fully saturated rings. The van der Waals surface area contributed by atoms with E-state index in [1.165, 1.54) is 17.0 Å². The van der Waals surface area contributed by atoms with Crippen LogP contribution in [0.2, 0.25) is 0 Å². The van der Waals surface area contributed by atoms with Gasteiger partial charge in [0.1, 0.15) is 5.82 Å². The fourth-order valence-electron chi connectivity index (χ4n) is 1.75. The lowest BCUT2D eigenvalue weighted by Crippen LogP contribution is -2.14. The Morgan fingerprint density at radius 2 is 2.15 bits per heavy atom. The van der Waals surface area contributed by atoms with Crippen molar-refractivity contribution in [2.45, 2.75) is 0 Å².